The van der Waals surface area contributed by atoms with Gasteiger partial charge in [0, 0.05) is 11.6 Å². The van der Waals surface area contributed by atoms with Gasteiger partial charge in [0.15, 0.2) is 0 Å². The molecule has 18 heavy (non-hydrogen) atoms. The minimum absolute atomic E-state index is 0.0602. The van der Waals surface area contributed by atoms with Crippen LogP contribution in [-0.2, 0) is 16.0 Å². The molecule has 0 bridgehead atoms. The molecule has 1 aliphatic rings. The van der Waals surface area contributed by atoms with Crippen molar-refractivity contribution in [2.24, 2.45) is 11.7 Å². The fourth-order valence-corrected chi connectivity index (χ4v) is 1.66. The summed E-state index contributed by atoms with van der Waals surface area (Å²) in [6, 6.07) is 6.21. The number of rotatable bonds is 5. The number of hydrogen-bond donors (Lipinski definition) is 3. The van der Waals surface area contributed by atoms with E-state index in [2.05, 4.69) is 5.32 Å². The summed E-state index contributed by atoms with van der Waals surface area (Å²) in [6.07, 6.45) is 2.22. The Morgan fingerprint density at radius 1 is 1.33 bits per heavy atom. The van der Waals surface area contributed by atoms with E-state index in [4.69, 9.17) is 10.8 Å². The van der Waals surface area contributed by atoms with Crippen LogP contribution in [0.25, 0.3) is 0 Å². The van der Waals surface area contributed by atoms with Gasteiger partial charge in [0.2, 0.25) is 5.91 Å². The van der Waals surface area contributed by atoms with Crippen LogP contribution in [0.2, 0.25) is 0 Å². The summed E-state index contributed by atoms with van der Waals surface area (Å²) < 4.78 is 0. The highest BCUT2D eigenvalue weighted by atomic mass is 16.4. The molecule has 0 radical (unpaired) electrons. The minimum atomic E-state index is -1.01. The summed E-state index contributed by atoms with van der Waals surface area (Å²) in [7, 11) is 0. The number of hydrogen-bond acceptors (Lipinski definition) is 3. The summed E-state index contributed by atoms with van der Waals surface area (Å²) >= 11 is 0. The van der Waals surface area contributed by atoms with Crippen molar-refractivity contribution in [1.29, 1.82) is 0 Å². The molecule has 4 N–H and O–H groups in total. The zero-order valence-corrected chi connectivity index (χ0v) is 9.93. The average molecular weight is 248 g/mol. The van der Waals surface area contributed by atoms with Gasteiger partial charge in [-0.05, 0) is 37.0 Å². The Bertz CT molecular complexity index is 452. The Balaban J connectivity index is 1.92. The second-order valence-electron chi connectivity index (χ2n) is 4.61. The Labute approximate surface area is 105 Å². The molecule has 0 aliphatic heterocycles. The minimum Gasteiger partial charge on any atom is -0.480 e. The number of benzene rings is 1. The molecule has 1 aromatic rings. The standard InChI is InChI=1S/C13H16N2O3/c14-11(13(17)18)7-8-1-5-10(6-2-8)15-12(16)9-3-4-9/h1-2,5-6,9,11H,3-4,7,14H2,(H,15,16)(H,17,18)/t11-/m0/s1. The van der Waals surface area contributed by atoms with Gasteiger partial charge in [-0.2, -0.15) is 0 Å². The highest BCUT2D eigenvalue weighted by Crippen LogP contribution is 2.30. The van der Waals surface area contributed by atoms with Crippen LogP contribution in [0.15, 0.2) is 24.3 Å². The van der Waals surface area contributed by atoms with Gasteiger partial charge >= 0.3 is 5.97 Å². The molecule has 0 saturated heterocycles. The smallest absolute Gasteiger partial charge is 0.320 e. The van der Waals surface area contributed by atoms with E-state index < -0.39 is 12.0 Å². The SMILES string of the molecule is N[C@@H](Cc1ccc(NC(=O)C2CC2)cc1)C(=O)O. The van der Waals surface area contributed by atoms with Gasteiger partial charge in [0.1, 0.15) is 6.04 Å². The molecule has 2 rings (SSSR count). The second-order valence-corrected chi connectivity index (χ2v) is 4.61. The molecular formula is C13H16N2O3. The van der Waals surface area contributed by atoms with Crippen molar-refractivity contribution in [3.63, 3.8) is 0 Å². The first-order chi connectivity index (χ1) is 8.56. The monoisotopic (exact) mass is 248 g/mol. The number of carboxylic acids is 1. The zero-order valence-electron chi connectivity index (χ0n) is 9.93. The van der Waals surface area contributed by atoms with Crippen molar-refractivity contribution in [2.75, 3.05) is 5.32 Å². The van der Waals surface area contributed by atoms with Crippen molar-refractivity contribution in [2.45, 2.75) is 25.3 Å². The molecule has 0 unspecified atom stereocenters. The molecule has 1 atom stereocenters. The predicted molar refractivity (Wildman–Crippen MR) is 67.1 cm³/mol. The van der Waals surface area contributed by atoms with Crippen LogP contribution >= 0.6 is 0 Å². The quantitative estimate of drug-likeness (QED) is 0.724. The first-order valence-electron chi connectivity index (χ1n) is 5.94. The number of amides is 1. The fraction of sp³-hybridized carbons (Fsp3) is 0.385. The predicted octanol–water partition coefficient (Wildman–Crippen LogP) is 0.989. The lowest BCUT2D eigenvalue weighted by atomic mass is 10.1. The molecular weight excluding hydrogens is 232 g/mol. The van der Waals surface area contributed by atoms with Gasteiger partial charge in [-0.3, -0.25) is 9.59 Å². The largest absolute Gasteiger partial charge is 0.480 e. The van der Waals surface area contributed by atoms with Gasteiger partial charge < -0.3 is 16.2 Å². The van der Waals surface area contributed by atoms with Crippen LogP contribution in [0.5, 0.6) is 0 Å². The number of carbonyl (C=O) groups is 2. The second kappa shape index (κ2) is 5.18. The van der Waals surface area contributed by atoms with E-state index in [1.54, 1.807) is 24.3 Å². The third-order valence-corrected chi connectivity index (χ3v) is 2.94. The van der Waals surface area contributed by atoms with Crippen LogP contribution < -0.4 is 11.1 Å². The van der Waals surface area contributed by atoms with E-state index in [-0.39, 0.29) is 18.2 Å². The van der Waals surface area contributed by atoms with Gasteiger partial charge in [-0.25, -0.2) is 0 Å². The van der Waals surface area contributed by atoms with E-state index in [1.807, 2.05) is 0 Å². The molecule has 1 amide bonds. The maximum atomic E-state index is 11.5. The van der Waals surface area contributed by atoms with Crippen LogP contribution in [0.4, 0.5) is 5.69 Å². The third kappa shape index (κ3) is 3.30. The number of nitrogens with one attached hydrogen (secondary N) is 1. The maximum Gasteiger partial charge on any atom is 0.320 e. The van der Waals surface area contributed by atoms with Crippen LogP contribution in [-0.4, -0.2) is 23.0 Å². The normalized spacial score (nSPS) is 16.1. The van der Waals surface area contributed by atoms with E-state index >= 15 is 0 Å². The first kappa shape index (κ1) is 12.6. The number of carbonyl (C=O) groups excluding carboxylic acids is 1. The Morgan fingerprint density at radius 3 is 2.44 bits per heavy atom. The summed E-state index contributed by atoms with van der Waals surface area (Å²) in [4.78, 5) is 22.1. The van der Waals surface area contributed by atoms with Gasteiger partial charge in [-0.1, -0.05) is 12.1 Å². The van der Waals surface area contributed by atoms with Crippen LogP contribution in [0.3, 0.4) is 0 Å². The number of aliphatic carboxylic acids is 1. The zero-order chi connectivity index (χ0) is 13.1. The summed E-state index contributed by atoms with van der Waals surface area (Å²) in [5.74, 6) is -0.781. The van der Waals surface area contributed by atoms with Gasteiger partial charge in [-0.15, -0.1) is 0 Å². The van der Waals surface area contributed by atoms with Crippen LogP contribution in [0, 0.1) is 5.92 Å². The summed E-state index contributed by atoms with van der Waals surface area (Å²) in [5, 5.41) is 11.5. The Kier molecular flexibility index (Phi) is 3.62. The van der Waals surface area contributed by atoms with Crippen molar-refractivity contribution >= 4 is 17.6 Å². The highest BCUT2D eigenvalue weighted by Gasteiger charge is 2.29. The Morgan fingerprint density at radius 2 is 1.94 bits per heavy atom. The maximum absolute atomic E-state index is 11.5. The molecule has 5 nitrogen and oxygen atoms in total. The van der Waals surface area contributed by atoms with Crippen molar-refractivity contribution in [3.8, 4) is 0 Å². The molecule has 0 spiro atoms. The van der Waals surface area contributed by atoms with E-state index in [0.717, 1.165) is 24.1 Å². The van der Waals surface area contributed by atoms with Crippen molar-refractivity contribution in [3.05, 3.63) is 29.8 Å². The molecule has 1 aliphatic carbocycles. The van der Waals surface area contributed by atoms with Crippen molar-refractivity contribution < 1.29 is 14.7 Å². The summed E-state index contributed by atoms with van der Waals surface area (Å²) in [5.41, 5.74) is 7.02. The van der Waals surface area contributed by atoms with Gasteiger partial charge in [0.05, 0.1) is 0 Å². The molecule has 96 valence electrons. The third-order valence-electron chi connectivity index (χ3n) is 2.94. The van der Waals surface area contributed by atoms with Crippen LogP contribution in [0.1, 0.15) is 18.4 Å². The molecule has 0 heterocycles. The summed E-state index contributed by atoms with van der Waals surface area (Å²) in [6.45, 7) is 0. The number of carboxylic acid groups (broad SMARTS) is 1. The lowest BCUT2D eigenvalue weighted by Crippen LogP contribution is -2.32. The first-order valence-corrected chi connectivity index (χ1v) is 5.94. The van der Waals surface area contributed by atoms with E-state index in [9.17, 15) is 9.59 Å². The molecule has 0 aromatic heterocycles. The van der Waals surface area contributed by atoms with Crippen molar-refractivity contribution in [1.82, 2.24) is 0 Å². The lowest BCUT2D eigenvalue weighted by molar-refractivity contribution is -0.138. The molecule has 5 heteroatoms. The van der Waals surface area contributed by atoms with E-state index in [1.165, 1.54) is 0 Å². The lowest BCUT2D eigenvalue weighted by Gasteiger charge is -2.08. The fourth-order valence-electron chi connectivity index (χ4n) is 1.66. The average Bonchev–Trinajstić information content (AvgIpc) is 3.15. The Hall–Kier alpha value is -1.88. The number of anilines is 1. The highest BCUT2D eigenvalue weighted by molar-refractivity contribution is 5.94. The van der Waals surface area contributed by atoms with E-state index in [0.29, 0.717) is 0 Å². The molecule has 1 aromatic carbocycles. The van der Waals surface area contributed by atoms with Gasteiger partial charge in [0.25, 0.3) is 0 Å². The number of nitrogens with two attached hydrogens (primary N) is 1. The molecule has 1 saturated carbocycles. The molecule has 1 fully saturated rings. The topological polar surface area (TPSA) is 92.4 Å².